The molecule has 2 heterocycles. The van der Waals surface area contributed by atoms with E-state index >= 15 is 0 Å². The van der Waals surface area contributed by atoms with E-state index in [1.54, 1.807) is 0 Å². The van der Waals surface area contributed by atoms with Crippen molar-refractivity contribution in [3.05, 3.63) is 0 Å². The summed E-state index contributed by atoms with van der Waals surface area (Å²) in [6.45, 7) is 9.93. The minimum absolute atomic E-state index is 0. The minimum Gasteiger partial charge on any atom is -0.344 e. The van der Waals surface area contributed by atoms with Gasteiger partial charge in [-0.2, -0.15) is 0 Å². The molecule has 134 valence electrons. The van der Waals surface area contributed by atoms with Gasteiger partial charge >= 0.3 is 0 Å². The molecule has 23 heavy (non-hydrogen) atoms. The minimum atomic E-state index is -0.396. The molecule has 2 fully saturated rings. The first-order valence-corrected chi connectivity index (χ1v) is 8.72. The molecular weight excluding hydrogens is 314 g/mol. The van der Waals surface area contributed by atoms with Crippen LogP contribution in [0.5, 0.6) is 0 Å². The van der Waals surface area contributed by atoms with Crippen molar-refractivity contribution in [2.24, 2.45) is 11.8 Å². The highest BCUT2D eigenvalue weighted by atomic mass is 35.5. The average Bonchev–Trinajstić information content (AvgIpc) is 2.67. The Morgan fingerprint density at radius 1 is 1.13 bits per heavy atom. The van der Waals surface area contributed by atoms with E-state index in [1.165, 1.54) is 0 Å². The molecule has 3 unspecified atom stereocenters. The van der Waals surface area contributed by atoms with Gasteiger partial charge in [0.2, 0.25) is 11.8 Å². The number of nitrogens with one attached hydrogen (secondary N) is 2. The highest BCUT2D eigenvalue weighted by Gasteiger charge is 2.41. The van der Waals surface area contributed by atoms with E-state index in [9.17, 15) is 9.59 Å². The highest BCUT2D eigenvalue weighted by molar-refractivity contribution is 5.88. The SMILES string of the molecule is CC(C)CC(=O)NC(C(=O)N1C2CCNCC1CC2)C(C)C.Cl. The lowest BCUT2D eigenvalue weighted by Crippen LogP contribution is -2.55. The van der Waals surface area contributed by atoms with Gasteiger partial charge in [-0.15, -0.1) is 12.4 Å². The topological polar surface area (TPSA) is 61.4 Å². The smallest absolute Gasteiger partial charge is 0.245 e. The summed E-state index contributed by atoms with van der Waals surface area (Å²) in [6, 6.07) is 0.242. The summed E-state index contributed by atoms with van der Waals surface area (Å²) in [5.74, 6) is 0.520. The molecule has 2 aliphatic heterocycles. The lowest BCUT2D eigenvalue weighted by Gasteiger charge is -2.33. The molecular formula is C17H32ClN3O2. The van der Waals surface area contributed by atoms with Crippen LogP contribution in [0.4, 0.5) is 0 Å². The standard InChI is InChI=1S/C17H31N3O2.ClH/c1-11(2)9-15(21)19-16(12(3)4)17(22)20-13-5-6-14(20)10-18-8-7-13;/h11-14,16,18H,5-10H2,1-4H3,(H,19,21);1H. The van der Waals surface area contributed by atoms with Gasteiger partial charge in [-0.1, -0.05) is 27.7 Å². The van der Waals surface area contributed by atoms with E-state index in [2.05, 4.69) is 15.5 Å². The van der Waals surface area contributed by atoms with Crippen molar-refractivity contribution in [3.8, 4) is 0 Å². The quantitative estimate of drug-likeness (QED) is 0.800. The van der Waals surface area contributed by atoms with Gasteiger partial charge in [0.25, 0.3) is 0 Å². The van der Waals surface area contributed by atoms with Gasteiger partial charge in [-0.05, 0) is 37.6 Å². The van der Waals surface area contributed by atoms with Crippen molar-refractivity contribution >= 4 is 24.2 Å². The van der Waals surface area contributed by atoms with Gasteiger partial charge in [0.05, 0.1) is 0 Å². The van der Waals surface area contributed by atoms with E-state index in [0.29, 0.717) is 24.4 Å². The summed E-state index contributed by atoms with van der Waals surface area (Å²) >= 11 is 0. The molecule has 2 aliphatic rings. The number of rotatable bonds is 5. The molecule has 2 bridgehead atoms. The van der Waals surface area contributed by atoms with Crippen LogP contribution in [0.3, 0.4) is 0 Å². The number of hydrogen-bond acceptors (Lipinski definition) is 3. The van der Waals surface area contributed by atoms with Gasteiger partial charge in [-0.3, -0.25) is 9.59 Å². The van der Waals surface area contributed by atoms with Crippen molar-refractivity contribution in [2.75, 3.05) is 13.1 Å². The van der Waals surface area contributed by atoms with Crippen molar-refractivity contribution in [3.63, 3.8) is 0 Å². The second kappa shape index (κ2) is 8.88. The number of amides is 2. The predicted octanol–water partition coefficient (Wildman–Crippen LogP) is 1.95. The van der Waals surface area contributed by atoms with Gasteiger partial charge in [0.1, 0.15) is 6.04 Å². The molecule has 3 atom stereocenters. The predicted molar refractivity (Wildman–Crippen MR) is 94.6 cm³/mol. The molecule has 2 amide bonds. The largest absolute Gasteiger partial charge is 0.344 e. The summed E-state index contributed by atoms with van der Waals surface area (Å²) < 4.78 is 0. The Kier molecular flexibility index (Phi) is 7.81. The fourth-order valence-electron chi connectivity index (χ4n) is 3.62. The zero-order valence-corrected chi connectivity index (χ0v) is 15.6. The average molecular weight is 346 g/mol. The Morgan fingerprint density at radius 2 is 1.78 bits per heavy atom. The first-order valence-electron chi connectivity index (χ1n) is 8.72. The fourth-order valence-corrected chi connectivity index (χ4v) is 3.62. The molecule has 0 saturated carbocycles. The first-order chi connectivity index (χ1) is 10.4. The van der Waals surface area contributed by atoms with Crippen molar-refractivity contribution in [2.45, 2.75) is 71.5 Å². The fraction of sp³-hybridized carbons (Fsp3) is 0.882. The van der Waals surface area contributed by atoms with Crippen LogP contribution in [0.2, 0.25) is 0 Å². The number of halogens is 1. The number of carbonyl (C=O) groups excluding carboxylic acids is 2. The third-order valence-corrected chi connectivity index (χ3v) is 4.75. The maximum Gasteiger partial charge on any atom is 0.245 e. The lowest BCUT2D eigenvalue weighted by atomic mass is 10.0. The zero-order chi connectivity index (χ0) is 16.3. The van der Waals surface area contributed by atoms with Gasteiger partial charge in [0, 0.05) is 25.0 Å². The van der Waals surface area contributed by atoms with Gasteiger partial charge < -0.3 is 15.5 Å². The summed E-state index contributed by atoms with van der Waals surface area (Å²) in [6.07, 6.45) is 3.68. The number of hydrogen-bond donors (Lipinski definition) is 2. The van der Waals surface area contributed by atoms with Crippen LogP contribution in [0.1, 0.15) is 53.4 Å². The van der Waals surface area contributed by atoms with E-state index in [1.807, 2.05) is 27.7 Å². The maximum absolute atomic E-state index is 13.1. The molecule has 0 radical (unpaired) electrons. The second-order valence-corrected chi connectivity index (χ2v) is 7.51. The van der Waals surface area contributed by atoms with Crippen LogP contribution in [0.25, 0.3) is 0 Å². The van der Waals surface area contributed by atoms with Crippen LogP contribution in [-0.2, 0) is 9.59 Å². The van der Waals surface area contributed by atoms with E-state index in [-0.39, 0.29) is 30.1 Å². The molecule has 0 aromatic rings. The van der Waals surface area contributed by atoms with Crippen LogP contribution in [0.15, 0.2) is 0 Å². The monoisotopic (exact) mass is 345 g/mol. The first kappa shape index (κ1) is 20.2. The second-order valence-electron chi connectivity index (χ2n) is 7.51. The molecule has 0 aliphatic carbocycles. The number of carbonyl (C=O) groups is 2. The maximum atomic E-state index is 13.1. The Hall–Kier alpha value is -0.810. The lowest BCUT2D eigenvalue weighted by molar-refractivity contribution is -0.140. The Labute approximate surface area is 146 Å². The molecule has 0 aromatic heterocycles. The van der Waals surface area contributed by atoms with Crippen LogP contribution < -0.4 is 10.6 Å². The third kappa shape index (κ3) is 5.08. The normalized spacial score (nSPS) is 25.0. The molecule has 2 N–H and O–H groups in total. The highest BCUT2D eigenvalue weighted by Crippen LogP contribution is 2.29. The summed E-state index contributed by atoms with van der Waals surface area (Å²) in [5, 5.41) is 6.40. The molecule has 5 nitrogen and oxygen atoms in total. The molecule has 2 rings (SSSR count). The van der Waals surface area contributed by atoms with Crippen molar-refractivity contribution in [1.82, 2.24) is 15.5 Å². The summed E-state index contributed by atoms with van der Waals surface area (Å²) in [4.78, 5) is 27.2. The number of nitrogens with zero attached hydrogens (tertiary/aromatic N) is 1. The van der Waals surface area contributed by atoms with E-state index in [4.69, 9.17) is 0 Å². The van der Waals surface area contributed by atoms with Gasteiger partial charge in [-0.25, -0.2) is 0 Å². The Morgan fingerprint density at radius 3 is 2.39 bits per heavy atom. The van der Waals surface area contributed by atoms with E-state index < -0.39 is 6.04 Å². The van der Waals surface area contributed by atoms with Crippen LogP contribution >= 0.6 is 12.4 Å². The number of fused-ring (bicyclic) bond motifs is 2. The summed E-state index contributed by atoms with van der Waals surface area (Å²) in [5.41, 5.74) is 0. The molecule has 0 aromatic carbocycles. The molecule has 6 heteroatoms. The third-order valence-electron chi connectivity index (χ3n) is 4.75. The molecule has 0 spiro atoms. The van der Waals surface area contributed by atoms with Crippen molar-refractivity contribution in [1.29, 1.82) is 0 Å². The zero-order valence-electron chi connectivity index (χ0n) is 14.8. The van der Waals surface area contributed by atoms with Crippen molar-refractivity contribution < 1.29 is 9.59 Å². The van der Waals surface area contributed by atoms with E-state index in [0.717, 1.165) is 32.4 Å². The Balaban J connectivity index is 0.00000264. The van der Waals surface area contributed by atoms with Gasteiger partial charge in [0.15, 0.2) is 0 Å². The molecule has 2 saturated heterocycles. The van der Waals surface area contributed by atoms with Crippen LogP contribution in [0, 0.1) is 11.8 Å². The Bertz CT molecular complexity index is 401. The summed E-state index contributed by atoms with van der Waals surface area (Å²) in [7, 11) is 0. The van der Waals surface area contributed by atoms with Crippen LogP contribution in [-0.4, -0.2) is 47.9 Å².